The van der Waals surface area contributed by atoms with Gasteiger partial charge in [0.15, 0.2) is 0 Å². The standard InChI is InChI=1S/C18H19ClO2/c1-20-13-4-5-14-21-18-11-10-15-7-2-3-8-16(15)17(18)9-6-12-19/h2-3,7-8,10-11H,4-5,12-14H2,1H3. The summed E-state index contributed by atoms with van der Waals surface area (Å²) in [5.74, 6) is 7.19. The third kappa shape index (κ3) is 4.39. The molecule has 0 fully saturated rings. The molecular formula is C18H19ClO2. The lowest BCUT2D eigenvalue weighted by Crippen LogP contribution is -2.01. The highest BCUT2D eigenvalue weighted by Crippen LogP contribution is 2.27. The summed E-state index contributed by atoms with van der Waals surface area (Å²) in [5.41, 5.74) is 0.917. The molecule has 110 valence electrons. The summed E-state index contributed by atoms with van der Waals surface area (Å²) in [6.45, 7) is 1.43. The van der Waals surface area contributed by atoms with Gasteiger partial charge < -0.3 is 9.47 Å². The highest BCUT2D eigenvalue weighted by atomic mass is 35.5. The minimum absolute atomic E-state index is 0.316. The van der Waals surface area contributed by atoms with E-state index < -0.39 is 0 Å². The fourth-order valence-electron chi connectivity index (χ4n) is 2.15. The maximum atomic E-state index is 5.89. The molecule has 2 nitrogen and oxygen atoms in total. The Hall–Kier alpha value is -1.69. The van der Waals surface area contributed by atoms with Crippen molar-refractivity contribution < 1.29 is 9.47 Å². The van der Waals surface area contributed by atoms with Gasteiger partial charge in [-0.1, -0.05) is 42.2 Å². The van der Waals surface area contributed by atoms with Crippen molar-refractivity contribution in [3.63, 3.8) is 0 Å². The Morgan fingerprint density at radius 3 is 2.67 bits per heavy atom. The van der Waals surface area contributed by atoms with Crippen LogP contribution in [0.1, 0.15) is 18.4 Å². The van der Waals surface area contributed by atoms with Crippen molar-refractivity contribution in [2.24, 2.45) is 0 Å². The van der Waals surface area contributed by atoms with E-state index in [-0.39, 0.29) is 0 Å². The molecule has 0 saturated heterocycles. The number of unbranched alkanes of at least 4 members (excludes halogenated alkanes) is 1. The summed E-state index contributed by atoms with van der Waals surface area (Å²) < 4.78 is 10.9. The monoisotopic (exact) mass is 302 g/mol. The quantitative estimate of drug-likeness (QED) is 0.451. The second kappa shape index (κ2) is 8.56. The number of methoxy groups -OCH3 is 1. The maximum Gasteiger partial charge on any atom is 0.135 e. The Balaban J connectivity index is 2.21. The average molecular weight is 303 g/mol. The molecule has 2 aromatic carbocycles. The Kier molecular flexibility index (Phi) is 6.40. The average Bonchev–Trinajstić information content (AvgIpc) is 2.53. The first kappa shape index (κ1) is 15.7. The molecular weight excluding hydrogens is 284 g/mol. The SMILES string of the molecule is COCCCCOc1ccc2ccccc2c1C#CCCl. The van der Waals surface area contributed by atoms with Gasteiger partial charge in [0.2, 0.25) is 0 Å². The summed E-state index contributed by atoms with van der Waals surface area (Å²) in [7, 11) is 1.71. The van der Waals surface area contributed by atoms with Crippen molar-refractivity contribution >= 4 is 22.4 Å². The van der Waals surface area contributed by atoms with Crippen LogP contribution in [0, 0.1) is 11.8 Å². The number of alkyl halides is 1. The molecule has 2 rings (SSSR count). The molecule has 0 aliphatic carbocycles. The number of hydrogen-bond donors (Lipinski definition) is 0. The maximum absolute atomic E-state index is 5.89. The van der Waals surface area contributed by atoms with Crippen molar-refractivity contribution in [3.8, 4) is 17.6 Å². The van der Waals surface area contributed by atoms with Crippen LogP contribution < -0.4 is 4.74 Å². The van der Waals surface area contributed by atoms with E-state index in [4.69, 9.17) is 21.1 Å². The number of ether oxygens (including phenoxy) is 2. The smallest absolute Gasteiger partial charge is 0.135 e. The van der Waals surface area contributed by atoms with Crippen LogP contribution in [0.5, 0.6) is 5.75 Å². The molecule has 0 amide bonds. The lowest BCUT2D eigenvalue weighted by Gasteiger charge is -2.10. The molecule has 0 atom stereocenters. The summed E-state index contributed by atoms with van der Waals surface area (Å²) in [6.07, 6.45) is 1.95. The van der Waals surface area contributed by atoms with Crippen molar-refractivity contribution in [2.75, 3.05) is 26.2 Å². The molecule has 0 saturated carbocycles. The Morgan fingerprint density at radius 1 is 1.05 bits per heavy atom. The van der Waals surface area contributed by atoms with Gasteiger partial charge in [-0.3, -0.25) is 0 Å². The molecule has 2 aromatic rings. The second-order valence-corrected chi connectivity index (χ2v) is 4.91. The normalized spacial score (nSPS) is 10.2. The topological polar surface area (TPSA) is 18.5 Å². The molecule has 0 unspecified atom stereocenters. The molecule has 0 heterocycles. The molecule has 0 aliphatic heterocycles. The molecule has 0 bridgehead atoms. The van der Waals surface area contributed by atoms with Crippen LogP contribution >= 0.6 is 11.6 Å². The van der Waals surface area contributed by atoms with E-state index in [0.29, 0.717) is 12.5 Å². The number of rotatable bonds is 6. The van der Waals surface area contributed by atoms with E-state index in [1.165, 1.54) is 0 Å². The van der Waals surface area contributed by atoms with E-state index in [1.54, 1.807) is 7.11 Å². The summed E-state index contributed by atoms with van der Waals surface area (Å²) in [6, 6.07) is 12.2. The van der Waals surface area contributed by atoms with Crippen LogP contribution in [0.4, 0.5) is 0 Å². The van der Waals surface area contributed by atoms with Crippen molar-refractivity contribution in [2.45, 2.75) is 12.8 Å². The summed E-state index contributed by atoms with van der Waals surface area (Å²) in [5, 5.41) is 2.26. The fourth-order valence-corrected chi connectivity index (χ4v) is 2.22. The largest absolute Gasteiger partial charge is 0.492 e. The molecule has 0 N–H and O–H groups in total. The van der Waals surface area contributed by atoms with Gasteiger partial charge in [-0.25, -0.2) is 0 Å². The van der Waals surface area contributed by atoms with Crippen LogP contribution in [0.25, 0.3) is 10.8 Å². The van der Waals surface area contributed by atoms with Crippen LogP contribution in [0.15, 0.2) is 36.4 Å². The van der Waals surface area contributed by atoms with Crippen LogP contribution in [0.2, 0.25) is 0 Å². The first-order chi connectivity index (χ1) is 10.4. The van der Waals surface area contributed by atoms with Crippen LogP contribution in [0.3, 0.4) is 0 Å². The van der Waals surface area contributed by atoms with Crippen molar-refractivity contribution in [3.05, 3.63) is 42.0 Å². The van der Waals surface area contributed by atoms with E-state index in [9.17, 15) is 0 Å². The van der Waals surface area contributed by atoms with E-state index >= 15 is 0 Å². The third-order valence-electron chi connectivity index (χ3n) is 3.17. The zero-order valence-electron chi connectivity index (χ0n) is 12.2. The van der Waals surface area contributed by atoms with Crippen LogP contribution in [-0.2, 0) is 4.74 Å². The number of halogens is 1. The van der Waals surface area contributed by atoms with Gasteiger partial charge in [0, 0.05) is 19.1 Å². The molecule has 0 radical (unpaired) electrons. The second-order valence-electron chi connectivity index (χ2n) is 4.64. The number of fused-ring (bicyclic) bond motifs is 1. The molecule has 0 spiro atoms. The Bertz CT molecular complexity index is 640. The highest BCUT2D eigenvalue weighted by molar-refractivity contribution is 6.19. The third-order valence-corrected chi connectivity index (χ3v) is 3.30. The molecule has 21 heavy (non-hydrogen) atoms. The Morgan fingerprint density at radius 2 is 1.86 bits per heavy atom. The van der Waals surface area contributed by atoms with Gasteiger partial charge in [-0.15, -0.1) is 11.6 Å². The Labute approximate surface area is 131 Å². The number of hydrogen-bond acceptors (Lipinski definition) is 2. The first-order valence-electron chi connectivity index (χ1n) is 7.05. The molecule has 0 aliphatic rings. The van der Waals surface area contributed by atoms with Crippen molar-refractivity contribution in [1.82, 2.24) is 0 Å². The lowest BCUT2D eigenvalue weighted by atomic mass is 10.0. The highest BCUT2D eigenvalue weighted by Gasteiger charge is 2.06. The first-order valence-corrected chi connectivity index (χ1v) is 7.58. The predicted octanol–water partition coefficient (Wildman–Crippen LogP) is 4.24. The minimum atomic E-state index is 0.316. The predicted molar refractivity (Wildman–Crippen MR) is 88.2 cm³/mol. The molecule has 3 heteroatoms. The summed E-state index contributed by atoms with van der Waals surface area (Å²) >= 11 is 5.69. The van der Waals surface area contributed by atoms with Gasteiger partial charge in [0.25, 0.3) is 0 Å². The lowest BCUT2D eigenvalue weighted by molar-refractivity contribution is 0.184. The van der Waals surface area contributed by atoms with Gasteiger partial charge in [0.1, 0.15) is 5.75 Å². The van der Waals surface area contributed by atoms with E-state index in [0.717, 1.165) is 41.5 Å². The van der Waals surface area contributed by atoms with Crippen molar-refractivity contribution in [1.29, 1.82) is 0 Å². The zero-order valence-corrected chi connectivity index (χ0v) is 13.0. The fraction of sp³-hybridized carbons (Fsp3) is 0.333. The van der Waals surface area contributed by atoms with Gasteiger partial charge in [-0.2, -0.15) is 0 Å². The zero-order chi connectivity index (χ0) is 14.9. The summed E-state index contributed by atoms with van der Waals surface area (Å²) in [4.78, 5) is 0. The van der Waals surface area contributed by atoms with Crippen LogP contribution in [-0.4, -0.2) is 26.2 Å². The molecule has 0 aromatic heterocycles. The van der Waals surface area contributed by atoms with E-state index in [1.807, 2.05) is 18.2 Å². The number of benzene rings is 2. The van der Waals surface area contributed by atoms with Gasteiger partial charge >= 0.3 is 0 Å². The van der Waals surface area contributed by atoms with E-state index in [2.05, 4.69) is 30.0 Å². The van der Waals surface area contributed by atoms with Gasteiger partial charge in [0.05, 0.1) is 18.1 Å². The minimum Gasteiger partial charge on any atom is -0.492 e. The van der Waals surface area contributed by atoms with Gasteiger partial charge in [-0.05, 0) is 24.3 Å².